The average molecular weight is 292 g/mol. The maximum absolute atomic E-state index is 8.80. The Morgan fingerprint density at radius 2 is 1.55 bits per heavy atom. The van der Waals surface area contributed by atoms with Crippen molar-refractivity contribution >= 4 is 0 Å². The first kappa shape index (κ1) is 15.5. The third kappa shape index (κ3) is 3.82. The van der Waals surface area contributed by atoms with Crippen LogP contribution in [-0.4, -0.2) is 25.9 Å². The highest BCUT2D eigenvalue weighted by atomic mass is 16.5. The highest BCUT2D eigenvalue weighted by Crippen LogP contribution is 2.27. The minimum Gasteiger partial charge on any atom is -0.493 e. The second-order valence-corrected chi connectivity index (χ2v) is 4.33. The minimum atomic E-state index is -0.169. The van der Waals surface area contributed by atoms with E-state index in [2.05, 4.69) is 23.7 Å². The fraction of sp³-hybridized carbons (Fsp3) is 0.158. The lowest BCUT2D eigenvalue weighted by Crippen LogP contribution is -1.90. The summed E-state index contributed by atoms with van der Waals surface area (Å²) in [6.07, 6.45) is 0. The number of methoxy groups -OCH3 is 2. The molecule has 0 aliphatic carbocycles. The summed E-state index contributed by atoms with van der Waals surface area (Å²) in [5.74, 6) is 13.0. The molecule has 0 heterocycles. The van der Waals surface area contributed by atoms with Crippen LogP contribution in [0.25, 0.3) is 0 Å². The molecule has 0 radical (unpaired) electrons. The van der Waals surface area contributed by atoms with Crippen LogP contribution in [0.2, 0.25) is 0 Å². The first-order chi connectivity index (χ1) is 10.8. The zero-order chi connectivity index (χ0) is 15.8. The molecule has 0 bridgehead atoms. The lowest BCUT2D eigenvalue weighted by Gasteiger charge is -2.06. The van der Waals surface area contributed by atoms with E-state index in [1.165, 1.54) is 0 Å². The Morgan fingerprint density at radius 1 is 0.864 bits per heavy atom. The monoisotopic (exact) mass is 292 g/mol. The molecule has 3 nitrogen and oxygen atoms in total. The Balaban J connectivity index is 2.35. The van der Waals surface area contributed by atoms with Crippen molar-refractivity contribution < 1.29 is 14.6 Å². The van der Waals surface area contributed by atoms with Crippen LogP contribution in [0.3, 0.4) is 0 Å². The van der Waals surface area contributed by atoms with E-state index in [0.29, 0.717) is 11.5 Å². The number of aliphatic hydroxyl groups excluding tert-OH is 1. The first-order valence-electron chi connectivity index (χ1n) is 6.71. The predicted octanol–water partition coefficient (Wildman–Crippen LogP) is 2.45. The number of ether oxygens (including phenoxy) is 2. The summed E-state index contributed by atoms with van der Waals surface area (Å²) in [7, 11) is 3.19. The Bertz CT molecular complexity index is 770. The fourth-order valence-electron chi connectivity index (χ4n) is 1.89. The van der Waals surface area contributed by atoms with Crippen molar-refractivity contribution in [3.63, 3.8) is 0 Å². The highest BCUT2D eigenvalue weighted by molar-refractivity contribution is 5.54. The van der Waals surface area contributed by atoms with Gasteiger partial charge in [-0.25, -0.2) is 0 Å². The van der Waals surface area contributed by atoms with Gasteiger partial charge < -0.3 is 14.6 Å². The Labute approximate surface area is 130 Å². The van der Waals surface area contributed by atoms with E-state index in [1.807, 2.05) is 42.5 Å². The lowest BCUT2D eigenvalue weighted by atomic mass is 10.1. The summed E-state index contributed by atoms with van der Waals surface area (Å²) in [5.41, 5.74) is 2.44. The van der Waals surface area contributed by atoms with Crippen molar-refractivity contribution in [3.8, 4) is 35.2 Å². The minimum absolute atomic E-state index is 0.169. The van der Waals surface area contributed by atoms with Gasteiger partial charge in [-0.2, -0.15) is 0 Å². The molecule has 0 spiro atoms. The highest BCUT2D eigenvalue weighted by Gasteiger charge is 2.02. The van der Waals surface area contributed by atoms with Crippen LogP contribution in [0, 0.1) is 23.7 Å². The normalized spacial score (nSPS) is 9.05. The van der Waals surface area contributed by atoms with Gasteiger partial charge in [-0.1, -0.05) is 35.8 Å². The van der Waals surface area contributed by atoms with Crippen molar-refractivity contribution in [1.82, 2.24) is 0 Å². The average Bonchev–Trinajstić information content (AvgIpc) is 2.58. The molecule has 1 N–H and O–H groups in total. The molecule has 0 aliphatic heterocycles. The molecule has 2 aromatic carbocycles. The SMILES string of the molecule is COc1ccc(C#Cc2ccccc2C#CCO)cc1OC. The fourth-order valence-corrected chi connectivity index (χ4v) is 1.89. The molecule has 0 fully saturated rings. The molecule has 0 saturated carbocycles. The second kappa shape index (κ2) is 7.78. The van der Waals surface area contributed by atoms with E-state index in [1.54, 1.807) is 14.2 Å². The Kier molecular flexibility index (Phi) is 5.49. The van der Waals surface area contributed by atoms with Crippen LogP contribution in [0.4, 0.5) is 0 Å². The maximum Gasteiger partial charge on any atom is 0.161 e. The van der Waals surface area contributed by atoms with Crippen molar-refractivity contribution in [2.24, 2.45) is 0 Å². The third-order valence-corrected chi connectivity index (χ3v) is 2.95. The lowest BCUT2D eigenvalue weighted by molar-refractivity contribution is 0.350. The van der Waals surface area contributed by atoms with Crippen LogP contribution >= 0.6 is 0 Å². The van der Waals surface area contributed by atoms with Gasteiger partial charge in [-0.15, -0.1) is 0 Å². The van der Waals surface area contributed by atoms with Gasteiger partial charge in [0.05, 0.1) is 14.2 Å². The van der Waals surface area contributed by atoms with Gasteiger partial charge >= 0.3 is 0 Å². The summed E-state index contributed by atoms with van der Waals surface area (Å²) in [6, 6.07) is 13.1. The van der Waals surface area contributed by atoms with E-state index in [0.717, 1.165) is 16.7 Å². The van der Waals surface area contributed by atoms with Crippen LogP contribution in [0.5, 0.6) is 11.5 Å². The summed E-state index contributed by atoms with van der Waals surface area (Å²) in [6.45, 7) is -0.169. The van der Waals surface area contributed by atoms with E-state index >= 15 is 0 Å². The van der Waals surface area contributed by atoms with Crippen molar-refractivity contribution in [3.05, 3.63) is 59.2 Å². The van der Waals surface area contributed by atoms with Crippen LogP contribution in [-0.2, 0) is 0 Å². The molecule has 0 saturated heterocycles. The number of rotatable bonds is 2. The van der Waals surface area contributed by atoms with E-state index in [-0.39, 0.29) is 6.61 Å². The summed E-state index contributed by atoms with van der Waals surface area (Å²) >= 11 is 0. The van der Waals surface area contributed by atoms with E-state index in [9.17, 15) is 0 Å². The number of benzene rings is 2. The Morgan fingerprint density at radius 3 is 2.18 bits per heavy atom. The molecule has 22 heavy (non-hydrogen) atoms. The number of aliphatic hydroxyl groups is 1. The zero-order valence-corrected chi connectivity index (χ0v) is 12.5. The van der Waals surface area contributed by atoms with Gasteiger partial charge in [-0.3, -0.25) is 0 Å². The molecule has 2 aromatic rings. The molecule has 2 rings (SSSR count). The molecular weight excluding hydrogens is 276 g/mol. The van der Waals surface area contributed by atoms with Gasteiger partial charge in [0.15, 0.2) is 11.5 Å². The zero-order valence-electron chi connectivity index (χ0n) is 12.5. The van der Waals surface area contributed by atoms with Gasteiger partial charge in [0.1, 0.15) is 6.61 Å². The van der Waals surface area contributed by atoms with Gasteiger partial charge in [0.25, 0.3) is 0 Å². The number of hydrogen-bond donors (Lipinski definition) is 1. The van der Waals surface area contributed by atoms with Crippen molar-refractivity contribution in [2.45, 2.75) is 0 Å². The predicted molar refractivity (Wildman–Crippen MR) is 85.9 cm³/mol. The maximum atomic E-state index is 8.80. The second-order valence-electron chi connectivity index (χ2n) is 4.33. The molecule has 110 valence electrons. The number of hydrogen-bond acceptors (Lipinski definition) is 3. The molecule has 0 aromatic heterocycles. The molecule has 3 heteroatoms. The molecular formula is C19H16O3. The van der Waals surface area contributed by atoms with Crippen LogP contribution in [0.1, 0.15) is 16.7 Å². The van der Waals surface area contributed by atoms with E-state index in [4.69, 9.17) is 14.6 Å². The largest absolute Gasteiger partial charge is 0.493 e. The van der Waals surface area contributed by atoms with Gasteiger partial charge in [0.2, 0.25) is 0 Å². The smallest absolute Gasteiger partial charge is 0.161 e. The van der Waals surface area contributed by atoms with Gasteiger partial charge in [-0.05, 0) is 30.3 Å². The van der Waals surface area contributed by atoms with Crippen LogP contribution < -0.4 is 9.47 Å². The summed E-state index contributed by atoms with van der Waals surface area (Å²) < 4.78 is 10.5. The van der Waals surface area contributed by atoms with Crippen molar-refractivity contribution in [1.29, 1.82) is 0 Å². The molecule has 0 aliphatic rings. The van der Waals surface area contributed by atoms with Crippen molar-refractivity contribution in [2.75, 3.05) is 20.8 Å². The van der Waals surface area contributed by atoms with E-state index < -0.39 is 0 Å². The quantitative estimate of drug-likeness (QED) is 0.864. The standard InChI is InChI=1S/C19H16O3/c1-21-18-12-10-15(14-19(18)22-2)9-11-17-7-4-3-6-16(17)8-5-13-20/h3-4,6-7,10,12,14,20H,13H2,1-2H3. The summed E-state index contributed by atoms with van der Waals surface area (Å²) in [4.78, 5) is 0. The molecule has 0 atom stereocenters. The van der Waals surface area contributed by atoms with Gasteiger partial charge in [0, 0.05) is 16.7 Å². The first-order valence-corrected chi connectivity index (χ1v) is 6.71. The summed E-state index contributed by atoms with van der Waals surface area (Å²) in [5, 5.41) is 8.80. The molecule has 0 amide bonds. The third-order valence-electron chi connectivity index (χ3n) is 2.95. The molecule has 0 unspecified atom stereocenters. The topological polar surface area (TPSA) is 38.7 Å². The van der Waals surface area contributed by atoms with Crippen LogP contribution in [0.15, 0.2) is 42.5 Å². The Hall–Kier alpha value is -2.88.